The van der Waals surface area contributed by atoms with E-state index in [9.17, 15) is 0 Å². The molecule has 0 saturated heterocycles. The van der Waals surface area contributed by atoms with Gasteiger partial charge in [0.15, 0.2) is 0 Å². The van der Waals surface area contributed by atoms with Gasteiger partial charge >= 0.3 is 0 Å². The maximum Gasteiger partial charge on any atom is 0.0613 e. The van der Waals surface area contributed by atoms with Crippen molar-refractivity contribution in [1.29, 1.82) is 0 Å². The molecule has 1 aliphatic rings. The average Bonchev–Trinajstić information content (AvgIpc) is 2.36. The smallest absolute Gasteiger partial charge is 0.0613 e. The second-order valence-corrected chi connectivity index (χ2v) is 4.19. The first-order valence-electron chi connectivity index (χ1n) is 4.90. The van der Waals surface area contributed by atoms with Gasteiger partial charge < -0.3 is 0 Å². The number of benzene rings is 1. The minimum absolute atomic E-state index is 0.0279. The molecule has 0 radical (unpaired) electrons. The standard InChI is InChI=1S/C12H16N2/c1-4-11-12(2,3)9-7-5-6-8-10(9)14(11)13/h4-8H,13H2,1-3H3. The van der Waals surface area contributed by atoms with Gasteiger partial charge in [0.2, 0.25) is 0 Å². The highest BCUT2D eigenvalue weighted by molar-refractivity contribution is 5.68. The zero-order valence-corrected chi connectivity index (χ0v) is 8.91. The molecule has 0 aromatic heterocycles. The Hall–Kier alpha value is -1.28. The van der Waals surface area contributed by atoms with Crippen LogP contribution in [0.4, 0.5) is 5.69 Å². The van der Waals surface area contributed by atoms with Crippen LogP contribution in [-0.4, -0.2) is 0 Å². The lowest BCUT2D eigenvalue weighted by Gasteiger charge is -2.22. The van der Waals surface area contributed by atoms with Crippen molar-refractivity contribution in [2.75, 3.05) is 5.01 Å². The SMILES string of the molecule is CC=C1N(N)c2ccccc2C1(C)C. The van der Waals surface area contributed by atoms with Crippen molar-refractivity contribution in [1.82, 2.24) is 0 Å². The summed E-state index contributed by atoms with van der Waals surface area (Å²) >= 11 is 0. The zero-order chi connectivity index (χ0) is 10.3. The lowest BCUT2D eigenvalue weighted by molar-refractivity contribution is 0.633. The number of hydrogen-bond acceptors (Lipinski definition) is 2. The van der Waals surface area contributed by atoms with Crippen molar-refractivity contribution in [2.45, 2.75) is 26.2 Å². The molecule has 2 heteroatoms. The molecule has 0 atom stereocenters. The second kappa shape index (κ2) is 2.85. The monoisotopic (exact) mass is 188 g/mol. The summed E-state index contributed by atoms with van der Waals surface area (Å²) in [7, 11) is 0. The van der Waals surface area contributed by atoms with Crippen LogP contribution in [0.1, 0.15) is 26.3 Å². The van der Waals surface area contributed by atoms with E-state index >= 15 is 0 Å². The molecule has 2 N–H and O–H groups in total. The number of hydrogen-bond donors (Lipinski definition) is 1. The van der Waals surface area contributed by atoms with Gasteiger partial charge in [-0.3, -0.25) is 5.01 Å². The molecule has 14 heavy (non-hydrogen) atoms. The first-order chi connectivity index (χ1) is 6.59. The van der Waals surface area contributed by atoms with Crippen molar-refractivity contribution in [3.63, 3.8) is 0 Å². The summed E-state index contributed by atoms with van der Waals surface area (Å²) in [6.45, 7) is 6.44. The molecule has 1 heterocycles. The summed E-state index contributed by atoms with van der Waals surface area (Å²) in [5.41, 5.74) is 3.61. The third kappa shape index (κ3) is 1.01. The Balaban J connectivity index is 2.67. The molecule has 0 aliphatic carbocycles. The van der Waals surface area contributed by atoms with Crippen LogP contribution in [0.15, 0.2) is 36.0 Å². The van der Waals surface area contributed by atoms with E-state index in [0.29, 0.717) is 0 Å². The van der Waals surface area contributed by atoms with E-state index in [2.05, 4.69) is 38.1 Å². The highest BCUT2D eigenvalue weighted by atomic mass is 15.4. The van der Waals surface area contributed by atoms with Gasteiger partial charge in [-0.15, -0.1) is 0 Å². The fourth-order valence-corrected chi connectivity index (χ4v) is 2.28. The number of nitrogens with two attached hydrogens (primary N) is 1. The van der Waals surface area contributed by atoms with Crippen molar-refractivity contribution in [3.8, 4) is 0 Å². The van der Waals surface area contributed by atoms with Crippen molar-refractivity contribution in [2.24, 2.45) is 5.84 Å². The number of rotatable bonds is 0. The van der Waals surface area contributed by atoms with Crippen molar-refractivity contribution >= 4 is 5.69 Å². The summed E-state index contributed by atoms with van der Waals surface area (Å²) in [5.74, 6) is 6.04. The first-order valence-corrected chi connectivity index (χ1v) is 4.90. The van der Waals surface area contributed by atoms with E-state index < -0.39 is 0 Å². The molecule has 2 nitrogen and oxygen atoms in total. The molecule has 0 unspecified atom stereocenters. The largest absolute Gasteiger partial charge is 0.283 e. The quantitative estimate of drug-likeness (QED) is 0.634. The van der Waals surface area contributed by atoms with Crippen LogP contribution < -0.4 is 10.9 Å². The summed E-state index contributed by atoms with van der Waals surface area (Å²) in [4.78, 5) is 0. The number of para-hydroxylation sites is 1. The zero-order valence-electron chi connectivity index (χ0n) is 8.91. The molecule has 0 spiro atoms. The Kier molecular flexibility index (Phi) is 1.89. The maximum atomic E-state index is 6.04. The number of nitrogens with zero attached hydrogens (tertiary/aromatic N) is 1. The molecule has 1 aromatic rings. The van der Waals surface area contributed by atoms with Crippen molar-refractivity contribution < 1.29 is 0 Å². The molecule has 1 aromatic carbocycles. The van der Waals surface area contributed by atoms with Gasteiger partial charge in [-0.2, -0.15) is 0 Å². The highest BCUT2D eigenvalue weighted by Gasteiger charge is 2.37. The molecule has 0 saturated carbocycles. The minimum atomic E-state index is 0.0279. The summed E-state index contributed by atoms with van der Waals surface area (Å²) < 4.78 is 0. The predicted molar refractivity (Wildman–Crippen MR) is 59.9 cm³/mol. The van der Waals surface area contributed by atoms with Gasteiger partial charge in [0, 0.05) is 11.1 Å². The lowest BCUT2D eigenvalue weighted by atomic mass is 9.84. The Morgan fingerprint density at radius 2 is 1.93 bits per heavy atom. The number of fused-ring (bicyclic) bond motifs is 1. The number of anilines is 1. The fraction of sp³-hybridized carbons (Fsp3) is 0.333. The molecule has 2 rings (SSSR count). The molecular weight excluding hydrogens is 172 g/mol. The molecule has 1 aliphatic heterocycles. The number of allylic oxidation sites excluding steroid dienone is 2. The molecular formula is C12H16N2. The van der Waals surface area contributed by atoms with Crippen LogP contribution >= 0.6 is 0 Å². The van der Waals surface area contributed by atoms with Crippen LogP contribution in [-0.2, 0) is 5.41 Å². The van der Waals surface area contributed by atoms with Gasteiger partial charge in [-0.1, -0.05) is 38.1 Å². The lowest BCUT2D eigenvalue weighted by Crippen LogP contribution is -2.31. The van der Waals surface area contributed by atoms with Gasteiger partial charge in [0.05, 0.1) is 5.69 Å². The molecule has 0 bridgehead atoms. The Labute approximate surface area is 85.0 Å². The highest BCUT2D eigenvalue weighted by Crippen LogP contribution is 2.45. The van der Waals surface area contributed by atoms with Crippen LogP contribution in [0.25, 0.3) is 0 Å². The van der Waals surface area contributed by atoms with E-state index in [-0.39, 0.29) is 5.41 Å². The number of hydrazine groups is 1. The van der Waals surface area contributed by atoms with Crippen LogP contribution in [0.3, 0.4) is 0 Å². The summed E-state index contributed by atoms with van der Waals surface area (Å²) in [6, 6.07) is 8.29. The minimum Gasteiger partial charge on any atom is -0.283 e. The normalized spacial score (nSPS) is 21.4. The third-order valence-electron chi connectivity index (χ3n) is 3.01. The Morgan fingerprint density at radius 1 is 1.29 bits per heavy atom. The fourth-order valence-electron chi connectivity index (χ4n) is 2.28. The van der Waals surface area contributed by atoms with E-state index in [1.165, 1.54) is 11.3 Å². The summed E-state index contributed by atoms with van der Waals surface area (Å²) in [5, 5.41) is 1.79. The third-order valence-corrected chi connectivity index (χ3v) is 3.01. The maximum absolute atomic E-state index is 6.04. The Bertz CT molecular complexity index is 391. The van der Waals surface area contributed by atoms with Crippen LogP contribution in [0, 0.1) is 0 Å². The van der Waals surface area contributed by atoms with Crippen molar-refractivity contribution in [3.05, 3.63) is 41.6 Å². The molecule has 74 valence electrons. The second-order valence-electron chi connectivity index (χ2n) is 4.19. The van der Waals surface area contributed by atoms with E-state index in [0.717, 1.165) is 5.69 Å². The first kappa shape index (κ1) is 9.28. The van der Waals surface area contributed by atoms with Gasteiger partial charge in [0.25, 0.3) is 0 Å². The topological polar surface area (TPSA) is 29.3 Å². The predicted octanol–water partition coefficient (Wildman–Crippen LogP) is 2.56. The molecule has 0 amide bonds. The molecule has 0 fully saturated rings. The van der Waals surface area contributed by atoms with Crippen LogP contribution in [0.5, 0.6) is 0 Å². The van der Waals surface area contributed by atoms with E-state index in [4.69, 9.17) is 5.84 Å². The van der Waals surface area contributed by atoms with Gasteiger partial charge in [-0.25, -0.2) is 5.84 Å². The Morgan fingerprint density at radius 3 is 2.50 bits per heavy atom. The van der Waals surface area contributed by atoms with E-state index in [1.807, 2.05) is 13.0 Å². The van der Waals surface area contributed by atoms with Gasteiger partial charge in [0.1, 0.15) is 0 Å². The van der Waals surface area contributed by atoms with Crippen LogP contribution in [0.2, 0.25) is 0 Å². The summed E-state index contributed by atoms with van der Waals surface area (Å²) in [6.07, 6.45) is 2.08. The van der Waals surface area contributed by atoms with E-state index in [1.54, 1.807) is 5.01 Å². The average molecular weight is 188 g/mol. The van der Waals surface area contributed by atoms with Gasteiger partial charge in [-0.05, 0) is 18.6 Å².